The molecule has 0 unspecified atom stereocenters. The van der Waals surface area contributed by atoms with Crippen molar-refractivity contribution in [2.24, 2.45) is 0 Å². The number of rotatable bonds is 3. The van der Waals surface area contributed by atoms with Gasteiger partial charge in [0.05, 0.1) is 23.7 Å². The third-order valence-corrected chi connectivity index (χ3v) is 6.55. The topological polar surface area (TPSA) is 101 Å². The number of carbonyl (C=O) groups excluding carboxylic acids is 3. The second-order valence-corrected chi connectivity index (χ2v) is 9.67. The Morgan fingerprint density at radius 2 is 1.92 bits per heavy atom. The van der Waals surface area contributed by atoms with Crippen LogP contribution in [0, 0.1) is 6.92 Å². The van der Waals surface area contributed by atoms with E-state index in [0.717, 1.165) is 5.56 Å². The fourth-order valence-corrected chi connectivity index (χ4v) is 4.52. The number of ether oxygens (including phenoxy) is 1. The van der Waals surface area contributed by atoms with E-state index >= 15 is 0 Å². The van der Waals surface area contributed by atoms with Gasteiger partial charge in [-0.3, -0.25) is 19.4 Å². The predicted molar refractivity (Wildman–Crippen MR) is 145 cm³/mol. The van der Waals surface area contributed by atoms with Gasteiger partial charge in [0.15, 0.2) is 0 Å². The molecule has 198 valence electrons. The minimum absolute atomic E-state index is 0.100. The lowest BCUT2D eigenvalue weighted by atomic mass is 10.1. The summed E-state index contributed by atoms with van der Waals surface area (Å²) in [5.41, 5.74) is 2.42. The molecule has 0 saturated heterocycles. The molecular formula is C29H31ClN4O4. The molecule has 1 aromatic heterocycles. The number of amides is 3. The van der Waals surface area contributed by atoms with Crippen LogP contribution in [0.25, 0.3) is 0 Å². The van der Waals surface area contributed by atoms with Crippen molar-refractivity contribution >= 4 is 29.3 Å². The molecule has 1 aliphatic heterocycles. The molecule has 0 aliphatic carbocycles. The lowest BCUT2D eigenvalue weighted by Gasteiger charge is -2.25. The van der Waals surface area contributed by atoms with Gasteiger partial charge in [-0.2, -0.15) is 0 Å². The predicted octanol–water partition coefficient (Wildman–Crippen LogP) is 3.82. The van der Waals surface area contributed by atoms with Crippen LogP contribution < -0.4 is 15.4 Å². The van der Waals surface area contributed by atoms with E-state index in [1.165, 1.54) is 4.90 Å². The van der Waals surface area contributed by atoms with Gasteiger partial charge in [0.1, 0.15) is 12.4 Å². The van der Waals surface area contributed by atoms with Crippen molar-refractivity contribution in [1.82, 2.24) is 20.5 Å². The lowest BCUT2D eigenvalue weighted by Crippen LogP contribution is -2.47. The van der Waals surface area contributed by atoms with Gasteiger partial charge in [0, 0.05) is 30.0 Å². The summed E-state index contributed by atoms with van der Waals surface area (Å²) in [6.45, 7) is 2.56. The van der Waals surface area contributed by atoms with Crippen molar-refractivity contribution in [3.05, 3.63) is 94.3 Å². The van der Waals surface area contributed by atoms with E-state index in [1.807, 2.05) is 30.3 Å². The summed E-state index contributed by atoms with van der Waals surface area (Å²) in [5, 5.41) is 6.37. The number of benzene rings is 2. The van der Waals surface area contributed by atoms with Crippen molar-refractivity contribution in [3.8, 4) is 5.75 Å². The normalized spacial score (nSPS) is 17.2. The minimum atomic E-state index is -0.404. The molecule has 2 heterocycles. The highest BCUT2D eigenvalue weighted by atomic mass is 35.5. The summed E-state index contributed by atoms with van der Waals surface area (Å²) in [4.78, 5) is 45.3. The summed E-state index contributed by atoms with van der Waals surface area (Å²) >= 11 is 6.16. The van der Waals surface area contributed by atoms with Crippen molar-refractivity contribution in [1.29, 1.82) is 0 Å². The molecule has 0 bridgehead atoms. The number of nitrogens with one attached hydrogen (secondary N) is 2. The van der Waals surface area contributed by atoms with Crippen molar-refractivity contribution < 1.29 is 19.1 Å². The van der Waals surface area contributed by atoms with E-state index in [4.69, 9.17) is 16.3 Å². The van der Waals surface area contributed by atoms with Crippen LogP contribution in [0.3, 0.4) is 0 Å². The number of carbonyl (C=O) groups is 3. The van der Waals surface area contributed by atoms with Crippen LogP contribution in [0.1, 0.15) is 44.8 Å². The van der Waals surface area contributed by atoms with Gasteiger partial charge in [-0.05, 0) is 62.1 Å². The number of aryl methyl sites for hydroxylation is 1. The van der Waals surface area contributed by atoms with Gasteiger partial charge < -0.3 is 20.3 Å². The van der Waals surface area contributed by atoms with Gasteiger partial charge in [-0.25, -0.2) is 0 Å². The van der Waals surface area contributed by atoms with Gasteiger partial charge in [0.2, 0.25) is 5.91 Å². The van der Waals surface area contributed by atoms with Gasteiger partial charge in [0.25, 0.3) is 11.8 Å². The molecule has 9 heteroatoms. The Hall–Kier alpha value is -3.91. The molecule has 4 rings (SSSR count). The highest BCUT2D eigenvalue weighted by Gasteiger charge is 2.23. The Balaban J connectivity index is 1.59. The fraction of sp³-hybridized carbons (Fsp3) is 0.310. The highest BCUT2D eigenvalue weighted by Crippen LogP contribution is 2.23. The number of nitrogens with zero attached hydrogens (tertiary/aromatic N) is 2. The second kappa shape index (κ2) is 13.1. The van der Waals surface area contributed by atoms with Crippen molar-refractivity contribution in [3.63, 3.8) is 0 Å². The first-order valence-electron chi connectivity index (χ1n) is 12.7. The van der Waals surface area contributed by atoms with Crippen molar-refractivity contribution in [2.45, 2.75) is 32.2 Å². The van der Waals surface area contributed by atoms with Gasteiger partial charge >= 0.3 is 0 Å². The Labute approximate surface area is 227 Å². The van der Waals surface area contributed by atoms with Crippen LogP contribution in [0.2, 0.25) is 5.02 Å². The molecule has 0 spiro atoms. The van der Waals surface area contributed by atoms with E-state index in [1.54, 1.807) is 43.5 Å². The van der Waals surface area contributed by atoms with E-state index in [9.17, 15) is 14.4 Å². The number of hydrogen-bond acceptors (Lipinski definition) is 5. The quantitative estimate of drug-likeness (QED) is 0.532. The summed E-state index contributed by atoms with van der Waals surface area (Å²) in [6, 6.07) is 17.7. The summed E-state index contributed by atoms with van der Waals surface area (Å²) in [6.07, 6.45) is 3.37. The number of halogens is 1. The molecule has 3 aromatic rings. The monoisotopic (exact) mass is 534 g/mol. The average molecular weight is 535 g/mol. The molecule has 1 aliphatic rings. The smallest absolute Gasteiger partial charge is 0.256 e. The van der Waals surface area contributed by atoms with Crippen LogP contribution in [-0.2, 0) is 11.2 Å². The van der Waals surface area contributed by atoms with Crippen LogP contribution in [-0.4, -0.2) is 59.9 Å². The minimum Gasteiger partial charge on any atom is -0.491 e. The Bertz CT molecular complexity index is 1280. The third-order valence-electron chi connectivity index (χ3n) is 6.32. The first kappa shape index (κ1) is 27.1. The number of aromatic nitrogens is 1. The Kier molecular flexibility index (Phi) is 9.32. The maximum absolute atomic E-state index is 13.4. The molecule has 38 heavy (non-hydrogen) atoms. The van der Waals surface area contributed by atoms with E-state index in [-0.39, 0.29) is 30.9 Å². The van der Waals surface area contributed by atoms with Crippen molar-refractivity contribution in [2.75, 3.05) is 26.2 Å². The van der Waals surface area contributed by atoms with Crippen LogP contribution in [0.5, 0.6) is 5.75 Å². The zero-order valence-electron chi connectivity index (χ0n) is 21.3. The average Bonchev–Trinajstić information content (AvgIpc) is 2.91. The summed E-state index contributed by atoms with van der Waals surface area (Å²) < 4.78 is 6.06. The summed E-state index contributed by atoms with van der Waals surface area (Å²) in [7, 11) is 0. The molecule has 3 amide bonds. The molecule has 0 radical (unpaired) electrons. The van der Waals surface area contributed by atoms with Gasteiger partial charge in [-0.15, -0.1) is 0 Å². The number of hydrogen-bond donors (Lipinski definition) is 2. The SMILES string of the molecule is Cc1ncccc1C(=O)N1CCCCNC(=O)c2cc(Cl)ccc2OC[C@@H](Cc2ccccc2)NC(=O)C1. The first-order valence-corrected chi connectivity index (χ1v) is 13.0. The fourth-order valence-electron chi connectivity index (χ4n) is 4.35. The maximum atomic E-state index is 13.4. The van der Waals surface area contributed by atoms with E-state index in [2.05, 4.69) is 15.6 Å². The maximum Gasteiger partial charge on any atom is 0.256 e. The third kappa shape index (κ3) is 7.32. The highest BCUT2D eigenvalue weighted by molar-refractivity contribution is 6.31. The van der Waals surface area contributed by atoms with Gasteiger partial charge in [-0.1, -0.05) is 41.9 Å². The first-order chi connectivity index (χ1) is 18.4. The van der Waals surface area contributed by atoms with E-state index < -0.39 is 6.04 Å². The largest absolute Gasteiger partial charge is 0.491 e. The molecule has 1 atom stereocenters. The zero-order valence-corrected chi connectivity index (χ0v) is 22.0. The van der Waals surface area contributed by atoms with Crippen LogP contribution in [0.15, 0.2) is 66.9 Å². The Morgan fingerprint density at radius 1 is 1.11 bits per heavy atom. The molecule has 8 nitrogen and oxygen atoms in total. The van der Waals surface area contributed by atoms with Crippen LogP contribution in [0.4, 0.5) is 0 Å². The zero-order chi connectivity index (χ0) is 26.9. The lowest BCUT2D eigenvalue weighted by molar-refractivity contribution is -0.122. The number of pyridine rings is 1. The molecule has 0 saturated carbocycles. The molecular weight excluding hydrogens is 504 g/mol. The Morgan fingerprint density at radius 3 is 2.71 bits per heavy atom. The standard InChI is InChI=1S/C29H31ClN4O4/c1-20-24(10-7-14-31-20)29(37)34-15-6-5-13-32-28(36)25-17-22(30)11-12-26(25)38-19-23(33-27(35)18-34)16-21-8-3-2-4-9-21/h2-4,7-12,14,17,23H,5-6,13,15-16,18-19H2,1H3,(H,32,36)(H,33,35)/t23-/m1/s1. The van der Waals surface area contributed by atoms with Crippen LogP contribution >= 0.6 is 11.6 Å². The molecule has 2 aromatic carbocycles. The second-order valence-electron chi connectivity index (χ2n) is 9.23. The molecule has 2 N–H and O–H groups in total. The summed E-state index contributed by atoms with van der Waals surface area (Å²) in [5.74, 6) is -0.445. The number of fused-ring (bicyclic) bond motifs is 1. The van der Waals surface area contributed by atoms with E-state index in [0.29, 0.717) is 59.9 Å². The molecule has 0 fully saturated rings.